The number of hydrogen-bond donors (Lipinski definition) is 0. The molecule has 0 amide bonds. The molecule has 3 nitrogen and oxygen atoms in total. The van der Waals surface area contributed by atoms with Crippen molar-refractivity contribution in [2.75, 3.05) is 0 Å². The molecule has 36 heavy (non-hydrogen) atoms. The molecule has 0 N–H and O–H groups in total. The Labute approximate surface area is 219 Å². The van der Waals surface area contributed by atoms with Gasteiger partial charge in [-0.05, 0) is 48.4 Å². The van der Waals surface area contributed by atoms with Gasteiger partial charge in [-0.1, -0.05) is 77.9 Å². The van der Waals surface area contributed by atoms with Crippen LogP contribution >= 0.6 is 11.3 Å². The summed E-state index contributed by atoms with van der Waals surface area (Å²) < 4.78 is 6.22. The van der Waals surface area contributed by atoms with Gasteiger partial charge in [0.25, 0.3) is 5.82 Å². The van der Waals surface area contributed by atoms with Crippen LogP contribution in [0.3, 0.4) is 0 Å². The second kappa shape index (κ2) is 9.48. The summed E-state index contributed by atoms with van der Waals surface area (Å²) in [7, 11) is 2.22. The third-order valence-electron chi connectivity index (χ3n) is 7.20. The monoisotopic (exact) mass is 496 g/mol. The van der Waals surface area contributed by atoms with Gasteiger partial charge in [0.15, 0.2) is 11.0 Å². The average Bonchev–Trinajstić information content (AvgIpc) is 3.36. The van der Waals surface area contributed by atoms with Gasteiger partial charge in [-0.15, -0.1) is 11.3 Å². The van der Waals surface area contributed by atoms with Gasteiger partial charge in [0.1, 0.15) is 5.69 Å². The van der Waals surface area contributed by atoms with E-state index in [0.29, 0.717) is 17.8 Å². The second-order valence-corrected chi connectivity index (χ2v) is 12.2. The molecule has 0 aliphatic heterocycles. The predicted molar refractivity (Wildman–Crippen MR) is 155 cm³/mol. The molecule has 0 aliphatic rings. The highest BCUT2D eigenvalue weighted by Crippen LogP contribution is 2.40. The highest BCUT2D eigenvalue weighted by atomic mass is 32.1. The number of aromatic nitrogens is 3. The third kappa shape index (κ3) is 4.06. The Morgan fingerprint density at radius 1 is 0.861 bits per heavy atom. The van der Waals surface area contributed by atoms with Gasteiger partial charge < -0.3 is 0 Å². The van der Waals surface area contributed by atoms with Crippen molar-refractivity contribution in [2.45, 2.75) is 66.7 Å². The Bertz CT molecular complexity index is 1540. The molecular weight excluding hydrogens is 458 g/mol. The van der Waals surface area contributed by atoms with Crippen LogP contribution in [0.4, 0.5) is 0 Å². The third-order valence-corrected chi connectivity index (χ3v) is 8.31. The summed E-state index contributed by atoms with van der Waals surface area (Å²) in [6.45, 7) is 16.0. The Morgan fingerprint density at radius 3 is 2.17 bits per heavy atom. The fourth-order valence-electron chi connectivity index (χ4n) is 5.44. The van der Waals surface area contributed by atoms with Crippen molar-refractivity contribution < 1.29 is 4.57 Å². The molecule has 0 saturated carbocycles. The Balaban J connectivity index is 1.95. The van der Waals surface area contributed by atoms with E-state index in [-0.39, 0.29) is 0 Å². The molecule has 0 fully saturated rings. The minimum Gasteiger partial charge on any atom is -0.241 e. The zero-order chi connectivity index (χ0) is 25.7. The first kappa shape index (κ1) is 24.7. The maximum atomic E-state index is 5.06. The number of imidazole rings is 1. The lowest BCUT2D eigenvalue weighted by Gasteiger charge is -2.18. The predicted octanol–water partition coefficient (Wildman–Crippen LogP) is 8.49. The number of nitrogens with zero attached hydrogens (tertiary/aromatic N) is 3. The summed E-state index contributed by atoms with van der Waals surface area (Å²) in [6.07, 6.45) is 1.01. The summed E-state index contributed by atoms with van der Waals surface area (Å²) in [5.41, 5.74) is 10.3. The molecular formula is C32H38N3S+. The maximum absolute atomic E-state index is 5.06. The molecule has 0 spiro atoms. The van der Waals surface area contributed by atoms with E-state index in [1.165, 1.54) is 54.5 Å². The van der Waals surface area contributed by atoms with Crippen LogP contribution in [0.2, 0.25) is 0 Å². The van der Waals surface area contributed by atoms with E-state index < -0.39 is 0 Å². The van der Waals surface area contributed by atoms with Crippen LogP contribution in [0.25, 0.3) is 38.3 Å². The van der Waals surface area contributed by atoms with Crippen LogP contribution in [-0.2, 0) is 13.5 Å². The van der Waals surface area contributed by atoms with E-state index in [4.69, 9.17) is 4.98 Å². The number of fused-ring (bicyclic) bond motifs is 2. The topological polar surface area (TPSA) is 21.7 Å². The molecule has 5 aromatic rings. The highest BCUT2D eigenvalue weighted by molar-refractivity contribution is 7.19. The van der Waals surface area contributed by atoms with Gasteiger partial charge in [-0.2, -0.15) is 4.57 Å². The van der Waals surface area contributed by atoms with Gasteiger partial charge >= 0.3 is 0 Å². The van der Waals surface area contributed by atoms with Crippen molar-refractivity contribution in [2.24, 2.45) is 13.0 Å². The number of hydrogen-bond acceptors (Lipinski definition) is 2. The van der Waals surface area contributed by atoms with Gasteiger partial charge in [0.2, 0.25) is 0 Å². The van der Waals surface area contributed by atoms with E-state index in [1.54, 1.807) is 0 Å². The van der Waals surface area contributed by atoms with Crippen LogP contribution in [-0.4, -0.2) is 9.55 Å². The summed E-state index contributed by atoms with van der Waals surface area (Å²) in [5, 5.41) is 1.22. The van der Waals surface area contributed by atoms with Gasteiger partial charge in [-0.25, -0.2) is 9.55 Å². The van der Waals surface area contributed by atoms with Crippen molar-refractivity contribution >= 4 is 32.6 Å². The van der Waals surface area contributed by atoms with Crippen LogP contribution in [0.5, 0.6) is 0 Å². The van der Waals surface area contributed by atoms with Crippen LogP contribution in [0, 0.1) is 12.8 Å². The SMILES string of the molecule is Cc1ccc2nc(CC(C)C)sc2c1-c1n(-c2c(C(C)C)cccc2C(C)C)c2ccccc2[n+]1C. The standard InChI is InChI=1S/C32H38N3S/c1-19(2)18-28-33-25-17-16-22(7)29(31(25)36-28)32-34(8)26-14-9-10-15-27(26)35(32)30-23(20(3)4)12-11-13-24(30)21(5)6/h9-17,19-21H,18H2,1-8H3/q+1. The van der Waals surface area contributed by atoms with E-state index >= 15 is 0 Å². The van der Waals surface area contributed by atoms with Gasteiger partial charge in [0, 0.05) is 17.5 Å². The van der Waals surface area contributed by atoms with Crippen molar-refractivity contribution in [3.8, 4) is 17.1 Å². The molecule has 3 aromatic carbocycles. The van der Waals surface area contributed by atoms with Crippen molar-refractivity contribution in [1.82, 2.24) is 9.55 Å². The van der Waals surface area contributed by atoms with E-state index in [9.17, 15) is 0 Å². The lowest BCUT2D eigenvalue weighted by atomic mass is 9.92. The van der Waals surface area contributed by atoms with Crippen molar-refractivity contribution in [3.63, 3.8) is 0 Å². The number of thiazole rings is 1. The molecule has 0 aliphatic carbocycles. The molecule has 0 radical (unpaired) electrons. The van der Waals surface area contributed by atoms with Gasteiger partial charge in [0.05, 0.1) is 27.8 Å². The van der Waals surface area contributed by atoms with Crippen LogP contribution in [0.1, 0.15) is 75.1 Å². The zero-order valence-electron chi connectivity index (χ0n) is 22.9. The Hall–Kier alpha value is -2.98. The van der Waals surface area contributed by atoms with Crippen LogP contribution < -0.4 is 4.57 Å². The first-order valence-electron chi connectivity index (χ1n) is 13.2. The minimum absolute atomic E-state index is 0.413. The average molecular weight is 497 g/mol. The first-order valence-corrected chi connectivity index (χ1v) is 14.0. The van der Waals surface area contributed by atoms with Gasteiger partial charge in [-0.3, -0.25) is 0 Å². The van der Waals surface area contributed by atoms with E-state index in [2.05, 4.69) is 119 Å². The zero-order valence-corrected chi connectivity index (χ0v) is 23.7. The smallest absolute Gasteiger partial charge is 0.241 e. The lowest BCUT2D eigenvalue weighted by molar-refractivity contribution is -0.633. The molecule has 0 unspecified atom stereocenters. The quantitative estimate of drug-likeness (QED) is 0.216. The van der Waals surface area contributed by atoms with E-state index in [1.807, 2.05) is 11.3 Å². The molecule has 2 aromatic heterocycles. The summed E-state index contributed by atoms with van der Waals surface area (Å²) >= 11 is 1.87. The second-order valence-electron chi connectivity index (χ2n) is 11.1. The first-order chi connectivity index (χ1) is 17.2. The molecule has 0 bridgehead atoms. The van der Waals surface area contributed by atoms with Crippen molar-refractivity contribution in [1.29, 1.82) is 0 Å². The fraction of sp³-hybridized carbons (Fsp3) is 0.375. The normalized spacial score (nSPS) is 12.2. The Kier molecular flexibility index (Phi) is 6.50. The molecule has 0 atom stereocenters. The maximum Gasteiger partial charge on any atom is 0.296 e. The fourth-order valence-corrected chi connectivity index (χ4v) is 6.81. The number of aryl methyl sites for hydroxylation is 2. The molecule has 5 rings (SSSR count). The summed E-state index contributed by atoms with van der Waals surface area (Å²) in [6, 6.07) is 20.1. The van der Waals surface area contributed by atoms with Crippen LogP contribution in [0.15, 0.2) is 54.6 Å². The lowest BCUT2D eigenvalue weighted by Crippen LogP contribution is -2.30. The number of rotatable bonds is 6. The molecule has 186 valence electrons. The molecule has 2 heterocycles. The molecule has 0 saturated heterocycles. The number of benzene rings is 3. The highest BCUT2D eigenvalue weighted by Gasteiger charge is 2.32. The molecule has 4 heteroatoms. The summed E-state index contributed by atoms with van der Waals surface area (Å²) in [4.78, 5) is 5.06. The largest absolute Gasteiger partial charge is 0.296 e. The summed E-state index contributed by atoms with van der Waals surface area (Å²) in [5.74, 6) is 2.64. The Morgan fingerprint density at radius 2 is 1.53 bits per heavy atom. The van der Waals surface area contributed by atoms with E-state index in [0.717, 1.165) is 11.9 Å². The minimum atomic E-state index is 0.413. The number of para-hydroxylation sites is 3. The van der Waals surface area contributed by atoms with Crippen molar-refractivity contribution in [3.05, 3.63) is 76.3 Å².